The largest absolute Gasteiger partial charge is 0.308 e. The molecule has 0 saturated heterocycles. The Labute approximate surface area is 93.0 Å². The highest BCUT2D eigenvalue weighted by Crippen LogP contribution is 2.13. The fourth-order valence-electron chi connectivity index (χ4n) is 1.72. The van der Waals surface area contributed by atoms with E-state index in [0.717, 1.165) is 17.9 Å². The van der Waals surface area contributed by atoms with E-state index in [0.29, 0.717) is 0 Å². The van der Waals surface area contributed by atoms with Crippen molar-refractivity contribution < 1.29 is 0 Å². The quantitative estimate of drug-likeness (QED) is 0.700. The van der Waals surface area contributed by atoms with Crippen molar-refractivity contribution in [3.63, 3.8) is 0 Å². The maximum atomic E-state index is 7.30. The Bertz CT molecular complexity index is 326. The lowest BCUT2D eigenvalue weighted by Crippen LogP contribution is -1.93. The third-order valence-electron chi connectivity index (χ3n) is 2.75. The fourth-order valence-corrected chi connectivity index (χ4v) is 1.72. The van der Waals surface area contributed by atoms with Crippen LogP contribution in [0, 0.1) is 18.3 Å². The van der Waals surface area contributed by atoms with Crippen LogP contribution in [0.4, 0.5) is 0 Å². The summed E-state index contributed by atoms with van der Waals surface area (Å²) < 4.78 is 0. The highest BCUT2D eigenvalue weighted by atomic mass is 14.3. The van der Waals surface area contributed by atoms with Gasteiger partial charge in [0, 0.05) is 6.21 Å². The van der Waals surface area contributed by atoms with Gasteiger partial charge in [-0.3, -0.25) is 0 Å². The molecule has 1 aromatic carbocycles. The SMILES string of the molecule is Cc1ccc(CCCC(C)C)cc1C=N. The summed E-state index contributed by atoms with van der Waals surface area (Å²) in [5.74, 6) is 0.789. The molecule has 1 nitrogen and oxygen atoms in total. The van der Waals surface area contributed by atoms with Gasteiger partial charge >= 0.3 is 0 Å². The van der Waals surface area contributed by atoms with Crippen LogP contribution in [-0.4, -0.2) is 6.21 Å². The van der Waals surface area contributed by atoms with Gasteiger partial charge in [0.1, 0.15) is 0 Å². The molecule has 0 bridgehead atoms. The first kappa shape index (κ1) is 12.0. The van der Waals surface area contributed by atoms with Gasteiger partial charge in [0.05, 0.1) is 0 Å². The first-order chi connectivity index (χ1) is 7.13. The summed E-state index contributed by atoms with van der Waals surface area (Å²) >= 11 is 0. The maximum Gasteiger partial charge on any atom is 0.0253 e. The van der Waals surface area contributed by atoms with Crippen LogP contribution < -0.4 is 0 Å². The molecule has 0 atom stereocenters. The van der Waals surface area contributed by atoms with Gasteiger partial charge in [-0.2, -0.15) is 0 Å². The second-order valence-electron chi connectivity index (χ2n) is 4.62. The van der Waals surface area contributed by atoms with E-state index in [1.165, 1.54) is 30.2 Å². The van der Waals surface area contributed by atoms with Crippen LogP contribution in [0.2, 0.25) is 0 Å². The molecule has 0 aliphatic rings. The van der Waals surface area contributed by atoms with Gasteiger partial charge < -0.3 is 5.41 Å². The van der Waals surface area contributed by atoms with Crippen LogP contribution in [0.25, 0.3) is 0 Å². The lowest BCUT2D eigenvalue weighted by molar-refractivity contribution is 0.556. The van der Waals surface area contributed by atoms with Crippen molar-refractivity contribution in [3.8, 4) is 0 Å². The van der Waals surface area contributed by atoms with E-state index in [1.54, 1.807) is 0 Å². The molecule has 0 aliphatic carbocycles. The average Bonchev–Trinajstić information content (AvgIpc) is 2.20. The second kappa shape index (κ2) is 5.69. The average molecular weight is 203 g/mol. The third kappa shape index (κ3) is 3.86. The number of aryl methyl sites for hydroxylation is 2. The molecule has 82 valence electrons. The zero-order valence-electron chi connectivity index (χ0n) is 10.0. The molecule has 0 fully saturated rings. The van der Waals surface area contributed by atoms with Crippen molar-refractivity contribution in [1.82, 2.24) is 0 Å². The number of rotatable bonds is 5. The minimum Gasteiger partial charge on any atom is -0.308 e. The molecule has 0 saturated carbocycles. The zero-order chi connectivity index (χ0) is 11.3. The Kier molecular flexibility index (Phi) is 4.54. The summed E-state index contributed by atoms with van der Waals surface area (Å²) in [6, 6.07) is 6.44. The monoisotopic (exact) mass is 203 g/mol. The Morgan fingerprint density at radius 1 is 1.33 bits per heavy atom. The molecule has 0 radical (unpaired) electrons. The summed E-state index contributed by atoms with van der Waals surface area (Å²) in [7, 11) is 0. The molecule has 15 heavy (non-hydrogen) atoms. The molecule has 0 spiro atoms. The molecular weight excluding hydrogens is 182 g/mol. The molecule has 1 N–H and O–H groups in total. The third-order valence-corrected chi connectivity index (χ3v) is 2.75. The highest BCUT2D eigenvalue weighted by molar-refractivity contribution is 5.79. The van der Waals surface area contributed by atoms with E-state index < -0.39 is 0 Å². The first-order valence-corrected chi connectivity index (χ1v) is 5.73. The number of nitrogens with one attached hydrogen (secondary N) is 1. The van der Waals surface area contributed by atoms with E-state index >= 15 is 0 Å². The topological polar surface area (TPSA) is 23.9 Å². The minimum atomic E-state index is 0.789. The van der Waals surface area contributed by atoms with E-state index in [1.807, 2.05) is 0 Å². The summed E-state index contributed by atoms with van der Waals surface area (Å²) in [6.07, 6.45) is 5.12. The van der Waals surface area contributed by atoms with Gasteiger partial charge in [0.25, 0.3) is 0 Å². The van der Waals surface area contributed by atoms with Gasteiger partial charge in [0.15, 0.2) is 0 Å². The summed E-state index contributed by atoms with van der Waals surface area (Å²) in [4.78, 5) is 0. The predicted octanol–water partition coefficient (Wildman–Crippen LogP) is 3.97. The first-order valence-electron chi connectivity index (χ1n) is 5.73. The normalized spacial score (nSPS) is 10.7. The van der Waals surface area contributed by atoms with Gasteiger partial charge in [-0.25, -0.2) is 0 Å². The van der Waals surface area contributed by atoms with Gasteiger partial charge in [-0.15, -0.1) is 0 Å². The van der Waals surface area contributed by atoms with E-state index in [4.69, 9.17) is 5.41 Å². The summed E-state index contributed by atoms with van der Waals surface area (Å²) in [5, 5.41) is 7.30. The Morgan fingerprint density at radius 2 is 2.07 bits per heavy atom. The number of hydrogen-bond donors (Lipinski definition) is 1. The molecule has 0 unspecified atom stereocenters. The minimum absolute atomic E-state index is 0.789. The van der Waals surface area contributed by atoms with Crippen LogP contribution >= 0.6 is 0 Å². The van der Waals surface area contributed by atoms with Crippen molar-refractivity contribution in [2.24, 2.45) is 5.92 Å². The van der Waals surface area contributed by atoms with Gasteiger partial charge in [-0.05, 0) is 48.4 Å². The summed E-state index contributed by atoms with van der Waals surface area (Å²) in [6.45, 7) is 6.58. The fraction of sp³-hybridized carbons (Fsp3) is 0.500. The molecule has 0 aromatic heterocycles. The van der Waals surface area contributed by atoms with E-state index in [-0.39, 0.29) is 0 Å². The number of hydrogen-bond acceptors (Lipinski definition) is 1. The van der Waals surface area contributed by atoms with Crippen molar-refractivity contribution >= 4 is 6.21 Å². The van der Waals surface area contributed by atoms with Gasteiger partial charge in [-0.1, -0.05) is 32.4 Å². The molecule has 1 rings (SSSR count). The van der Waals surface area contributed by atoms with Crippen LogP contribution in [-0.2, 0) is 6.42 Å². The molecule has 1 aromatic rings. The second-order valence-corrected chi connectivity index (χ2v) is 4.62. The number of benzene rings is 1. The maximum absolute atomic E-state index is 7.30. The van der Waals surface area contributed by atoms with Crippen molar-refractivity contribution in [2.45, 2.75) is 40.0 Å². The van der Waals surface area contributed by atoms with Crippen molar-refractivity contribution in [1.29, 1.82) is 5.41 Å². The van der Waals surface area contributed by atoms with Crippen LogP contribution in [0.5, 0.6) is 0 Å². The smallest absolute Gasteiger partial charge is 0.0253 e. The van der Waals surface area contributed by atoms with Crippen LogP contribution in [0.15, 0.2) is 18.2 Å². The molecule has 1 heteroatoms. The molecule has 0 amide bonds. The van der Waals surface area contributed by atoms with Gasteiger partial charge in [0.2, 0.25) is 0 Å². The Morgan fingerprint density at radius 3 is 2.67 bits per heavy atom. The zero-order valence-corrected chi connectivity index (χ0v) is 10.0. The van der Waals surface area contributed by atoms with E-state index in [9.17, 15) is 0 Å². The molecule has 0 aliphatic heterocycles. The lowest BCUT2D eigenvalue weighted by atomic mass is 9.99. The van der Waals surface area contributed by atoms with E-state index in [2.05, 4.69) is 39.0 Å². The predicted molar refractivity (Wildman–Crippen MR) is 66.8 cm³/mol. The molecular formula is C14H21N. The Hall–Kier alpha value is -1.11. The standard InChI is InChI=1S/C14H21N/c1-11(2)5-4-6-13-8-7-12(3)14(9-13)10-15/h7-11,15H,4-6H2,1-3H3. The van der Waals surface area contributed by atoms with Crippen molar-refractivity contribution in [2.75, 3.05) is 0 Å². The van der Waals surface area contributed by atoms with Crippen LogP contribution in [0.1, 0.15) is 43.4 Å². The van der Waals surface area contributed by atoms with Crippen LogP contribution in [0.3, 0.4) is 0 Å². The Balaban J connectivity index is 2.58. The summed E-state index contributed by atoms with van der Waals surface area (Å²) in [5.41, 5.74) is 3.61. The van der Waals surface area contributed by atoms with Crippen molar-refractivity contribution in [3.05, 3.63) is 34.9 Å². The molecule has 0 heterocycles. The highest BCUT2D eigenvalue weighted by Gasteiger charge is 1.99. The lowest BCUT2D eigenvalue weighted by Gasteiger charge is -2.06.